The van der Waals surface area contributed by atoms with Gasteiger partial charge in [0, 0.05) is 25.7 Å². The summed E-state index contributed by atoms with van der Waals surface area (Å²) in [4.78, 5) is 14.8. The van der Waals surface area contributed by atoms with Gasteiger partial charge in [0.2, 0.25) is 5.91 Å². The van der Waals surface area contributed by atoms with Gasteiger partial charge in [-0.15, -0.1) is 0 Å². The van der Waals surface area contributed by atoms with E-state index < -0.39 is 0 Å². The van der Waals surface area contributed by atoms with E-state index in [2.05, 4.69) is 16.3 Å². The fourth-order valence-electron chi connectivity index (χ4n) is 3.73. The third-order valence-electron chi connectivity index (χ3n) is 5.21. The number of carbonyl (C=O) groups excluding carboxylic acids is 1. The molecule has 5 heteroatoms. The lowest BCUT2D eigenvalue weighted by Crippen LogP contribution is -2.48. The minimum Gasteiger partial charge on any atom is -0.495 e. The summed E-state index contributed by atoms with van der Waals surface area (Å²) in [6.45, 7) is 4.65. The Morgan fingerprint density at radius 3 is 2.71 bits per heavy atom. The first kappa shape index (κ1) is 17.1. The van der Waals surface area contributed by atoms with Gasteiger partial charge in [0.15, 0.2) is 0 Å². The molecule has 1 amide bonds. The zero-order valence-electron chi connectivity index (χ0n) is 14.7. The predicted molar refractivity (Wildman–Crippen MR) is 94.5 cm³/mol. The molecular weight excluding hydrogens is 304 g/mol. The Morgan fingerprint density at radius 1 is 1.25 bits per heavy atom. The molecule has 3 rings (SSSR count). The second-order valence-corrected chi connectivity index (χ2v) is 6.77. The number of piperidine rings is 1. The second-order valence-electron chi connectivity index (χ2n) is 6.77. The number of hydrogen-bond acceptors (Lipinski definition) is 4. The van der Waals surface area contributed by atoms with Crippen molar-refractivity contribution in [2.45, 2.75) is 44.8 Å². The van der Waals surface area contributed by atoms with Crippen molar-refractivity contribution < 1.29 is 14.3 Å². The van der Waals surface area contributed by atoms with Crippen LogP contribution in [-0.2, 0) is 9.53 Å². The van der Waals surface area contributed by atoms with E-state index in [1.165, 1.54) is 0 Å². The summed E-state index contributed by atoms with van der Waals surface area (Å²) >= 11 is 0. The van der Waals surface area contributed by atoms with Gasteiger partial charge in [-0.3, -0.25) is 4.79 Å². The summed E-state index contributed by atoms with van der Waals surface area (Å²) in [5, 5.41) is 3.24. The molecule has 2 atom stereocenters. The van der Waals surface area contributed by atoms with E-state index in [4.69, 9.17) is 9.47 Å². The zero-order valence-corrected chi connectivity index (χ0v) is 14.7. The van der Waals surface area contributed by atoms with Gasteiger partial charge in [-0.2, -0.15) is 0 Å². The van der Waals surface area contributed by atoms with E-state index in [0.29, 0.717) is 0 Å². The maximum absolute atomic E-state index is 12.5. The molecule has 0 bridgehead atoms. The number of nitrogens with one attached hydrogen (secondary N) is 1. The van der Waals surface area contributed by atoms with Crippen molar-refractivity contribution in [2.24, 2.45) is 5.92 Å². The number of ether oxygens (including phenoxy) is 2. The highest BCUT2D eigenvalue weighted by Crippen LogP contribution is 2.30. The highest BCUT2D eigenvalue weighted by atomic mass is 16.5. The van der Waals surface area contributed by atoms with Crippen LogP contribution in [0.25, 0.3) is 0 Å². The minimum absolute atomic E-state index is 0.00555. The Hall–Kier alpha value is -1.75. The molecule has 5 nitrogen and oxygen atoms in total. The van der Waals surface area contributed by atoms with Gasteiger partial charge < -0.3 is 19.7 Å². The number of benzene rings is 1. The maximum Gasteiger partial charge on any atom is 0.225 e. The van der Waals surface area contributed by atoms with Crippen molar-refractivity contribution in [3.63, 3.8) is 0 Å². The molecule has 2 fully saturated rings. The Balaban J connectivity index is 1.52. The molecule has 24 heavy (non-hydrogen) atoms. The van der Waals surface area contributed by atoms with Crippen LogP contribution in [0.3, 0.4) is 0 Å². The number of nitrogens with zero attached hydrogens (tertiary/aromatic N) is 1. The number of para-hydroxylation sites is 2. The first-order valence-electron chi connectivity index (χ1n) is 8.99. The van der Waals surface area contributed by atoms with Gasteiger partial charge in [-0.25, -0.2) is 0 Å². The summed E-state index contributed by atoms with van der Waals surface area (Å²) in [5.41, 5.74) is 1.14. The Morgan fingerprint density at radius 2 is 2.00 bits per heavy atom. The zero-order chi connectivity index (χ0) is 16.9. The summed E-state index contributed by atoms with van der Waals surface area (Å²) in [7, 11) is 1.71. The Labute approximate surface area is 144 Å². The van der Waals surface area contributed by atoms with Gasteiger partial charge in [0.1, 0.15) is 5.75 Å². The van der Waals surface area contributed by atoms with Crippen molar-refractivity contribution >= 4 is 11.6 Å². The van der Waals surface area contributed by atoms with Crippen molar-refractivity contribution in [1.82, 2.24) is 5.32 Å². The fourth-order valence-corrected chi connectivity index (χ4v) is 3.73. The third kappa shape index (κ3) is 3.83. The maximum atomic E-state index is 12.5. The lowest BCUT2D eigenvalue weighted by atomic mass is 9.93. The molecule has 1 N–H and O–H groups in total. The minimum atomic E-state index is 0.00555. The Kier molecular flexibility index (Phi) is 5.61. The van der Waals surface area contributed by atoms with Crippen molar-refractivity contribution in [2.75, 3.05) is 31.7 Å². The van der Waals surface area contributed by atoms with Crippen molar-refractivity contribution in [3.8, 4) is 5.75 Å². The Bertz CT molecular complexity index is 555. The van der Waals surface area contributed by atoms with Crippen LogP contribution >= 0.6 is 0 Å². The molecule has 1 aromatic rings. The monoisotopic (exact) mass is 332 g/mol. The quantitative estimate of drug-likeness (QED) is 0.921. The van der Waals surface area contributed by atoms with E-state index in [9.17, 15) is 4.79 Å². The highest BCUT2D eigenvalue weighted by Gasteiger charge is 2.31. The van der Waals surface area contributed by atoms with Crippen LogP contribution in [0.1, 0.15) is 32.6 Å². The smallest absolute Gasteiger partial charge is 0.225 e. The van der Waals surface area contributed by atoms with Gasteiger partial charge in [0.05, 0.1) is 24.8 Å². The fraction of sp³-hybridized carbons (Fsp3) is 0.632. The molecule has 2 saturated heterocycles. The van der Waals surface area contributed by atoms with Crippen LogP contribution in [0, 0.1) is 5.92 Å². The number of methoxy groups -OCH3 is 1. The molecule has 0 spiro atoms. The molecule has 132 valence electrons. The summed E-state index contributed by atoms with van der Waals surface area (Å²) in [6.07, 6.45) is 3.88. The first-order valence-corrected chi connectivity index (χ1v) is 8.99. The number of rotatable bonds is 4. The molecule has 0 unspecified atom stereocenters. The highest BCUT2D eigenvalue weighted by molar-refractivity contribution is 5.79. The number of amides is 1. The van der Waals surface area contributed by atoms with E-state index in [1.807, 2.05) is 25.1 Å². The summed E-state index contributed by atoms with van der Waals surface area (Å²) < 4.78 is 11.1. The number of carbonyl (C=O) groups is 1. The van der Waals surface area contributed by atoms with Crippen LogP contribution in [-0.4, -0.2) is 44.9 Å². The van der Waals surface area contributed by atoms with Gasteiger partial charge >= 0.3 is 0 Å². The average Bonchev–Trinajstić information content (AvgIpc) is 2.62. The van der Waals surface area contributed by atoms with Crippen molar-refractivity contribution in [1.29, 1.82) is 0 Å². The first-order chi connectivity index (χ1) is 11.7. The number of anilines is 1. The SMILES string of the molecule is COc1ccccc1N1CCC(NC(=O)[C@H]2CCCO[C@H]2C)CC1. The normalized spacial score (nSPS) is 25.3. The lowest BCUT2D eigenvalue weighted by molar-refractivity contribution is -0.134. The molecule has 2 aliphatic rings. The third-order valence-corrected chi connectivity index (χ3v) is 5.21. The summed E-state index contributed by atoms with van der Waals surface area (Å²) in [5.74, 6) is 1.08. The second kappa shape index (κ2) is 7.88. The number of hydrogen-bond donors (Lipinski definition) is 1. The van der Waals surface area contributed by atoms with Gasteiger partial charge in [-0.05, 0) is 44.7 Å². The standard InChI is InChI=1S/C19H28N2O3/c1-14-16(6-5-13-24-14)19(22)20-15-9-11-21(12-10-15)17-7-3-4-8-18(17)23-2/h3-4,7-8,14-16H,5-6,9-13H2,1-2H3,(H,20,22)/t14-,16-/m0/s1. The topological polar surface area (TPSA) is 50.8 Å². The predicted octanol–water partition coefficient (Wildman–Crippen LogP) is 2.60. The molecule has 2 heterocycles. The summed E-state index contributed by atoms with van der Waals surface area (Å²) in [6, 6.07) is 8.38. The van der Waals surface area contributed by atoms with E-state index in [1.54, 1.807) is 7.11 Å². The molecule has 0 radical (unpaired) electrons. The molecule has 1 aromatic carbocycles. The van der Waals surface area contributed by atoms with E-state index in [-0.39, 0.29) is 24.0 Å². The lowest BCUT2D eigenvalue weighted by Gasteiger charge is -2.36. The molecule has 0 aliphatic carbocycles. The van der Waals surface area contributed by atoms with Crippen molar-refractivity contribution in [3.05, 3.63) is 24.3 Å². The molecular formula is C19H28N2O3. The van der Waals surface area contributed by atoms with Crippen LogP contribution in [0.4, 0.5) is 5.69 Å². The van der Waals surface area contributed by atoms with Gasteiger partial charge in [-0.1, -0.05) is 12.1 Å². The van der Waals surface area contributed by atoms with E-state index >= 15 is 0 Å². The molecule has 0 saturated carbocycles. The van der Waals surface area contributed by atoms with Crippen LogP contribution in [0.5, 0.6) is 5.75 Å². The largest absolute Gasteiger partial charge is 0.495 e. The van der Waals surface area contributed by atoms with E-state index in [0.717, 1.165) is 56.8 Å². The average molecular weight is 332 g/mol. The molecule has 0 aromatic heterocycles. The van der Waals surface area contributed by atoms with Crippen LogP contribution in [0.2, 0.25) is 0 Å². The van der Waals surface area contributed by atoms with Crippen LogP contribution < -0.4 is 15.0 Å². The van der Waals surface area contributed by atoms with Crippen LogP contribution in [0.15, 0.2) is 24.3 Å². The van der Waals surface area contributed by atoms with Gasteiger partial charge in [0.25, 0.3) is 0 Å². The molecule has 2 aliphatic heterocycles.